The van der Waals surface area contributed by atoms with Crippen LogP contribution in [0, 0.1) is 5.92 Å². The zero-order valence-corrected chi connectivity index (χ0v) is 10.4. The van der Waals surface area contributed by atoms with Crippen LogP contribution in [0.3, 0.4) is 0 Å². The van der Waals surface area contributed by atoms with E-state index < -0.39 is 0 Å². The minimum atomic E-state index is 0.447. The van der Waals surface area contributed by atoms with Crippen LogP contribution in [0.25, 0.3) is 0 Å². The first kappa shape index (κ1) is 12.6. The van der Waals surface area contributed by atoms with Crippen LogP contribution in [-0.4, -0.2) is 27.0 Å². The van der Waals surface area contributed by atoms with E-state index in [1.807, 2.05) is 31.1 Å². The maximum Gasteiger partial charge on any atom is 0.153 e. The van der Waals surface area contributed by atoms with Gasteiger partial charge in [-0.05, 0) is 18.1 Å². The summed E-state index contributed by atoms with van der Waals surface area (Å²) in [5, 5.41) is 0. The zero-order valence-electron chi connectivity index (χ0n) is 10.4. The van der Waals surface area contributed by atoms with E-state index in [0.29, 0.717) is 23.8 Å². The van der Waals surface area contributed by atoms with Crippen LogP contribution in [0.1, 0.15) is 24.2 Å². The van der Waals surface area contributed by atoms with E-state index in [1.54, 1.807) is 6.07 Å². The van der Waals surface area contributed by atoms with Crippen molar-refractivity contribution in [1.82, 2.24) is 0 Å². The van der Waals surface area contributed by atoms with Gasteiger partial charge < -0.3 is 9.64 Å². The third kappa shape index (κ3) is 3.26. The summed E-state index contributed by atoms with van der Waals surface area (Å²) in [6.07, 6.45) is 0.828. The number of carbonyl (C=O) groups is 1. The van der Waals surface area contributed by atoms with Crippen molar-refractivity contribution in [3.63, 3.8) is 0 Å². The molecule has 0 aliphatic carbocycles. The standard InChI is InChI=1S/C13H19NO2/c1-10(2)9-16-13-7-12(14(3)4)6-5-11(13)8-15/h5-8,10H,9H2,1-4H3. The van der Waals surface area contributed by atoms with Crippen LogP contribution in [0.2, 0.25) is 0 Å². The maximum absolute atomic E-state index is 10.9. The van der Waals surface area contributed by atoms with Crippen molar-refractivity contribution in [1.29, 1.82) is 0 Å². The fourth-order valence-electron chi connectivity index (χ4n) is 1.28. The highest BCUT2D eigenvalue weighted by atomic mass is 16.5. The largest absolute Gasteiger partial charge is 0.492 e. The van der Waals surface area contributed by atoms with Gasteiger partial charge in [0, 0.05) is 25.8 Å². The Morgan fingerprint density at radius 1 is 1.38 bits per heavy atom. The second-order valence-electron chi connectivity index (χ2n) is 4.44. The molecule has 3 heteroatoms. The van der Waals surface area contributed by atoms with Gasteiger partial charge in [0.2, 0.25) is 0 Å². The smallest absolute Gasteiger partial charge is 0.153 e. The highest BCUT2D eigenvalue weighted by molar-refractivity contribution is 5.80. The molecule has 1 rings (SSSR count). The van der Waals surface area contributed by atoms with Gasteiger partial charge in [-0.25, -0.2) is 0 Å². The van der Waals surface area contributed by atoms with Gasteiger partial charge >= 0.3 is 0 Å². The number of benzene rings is 1. The lowest BCUT2D eigenvalue weighted by Gasteiger charge is -2.16. The van der Waals surface area contributed by atoms with Gasteiger partial charge in [-0.1, -0.05) is 13.8 Å². The molecular weight excluding hydrogens is 202 g/mol. The molecule has 0 N–H and O–H groups in total. The molecule has 3 nitrogen and oxygen atoms in total. The fourth-order valence-corrected chi connectivity index (χ4v) is 1.28. The number of ether oxygens (including phenoxy) is 1. The maximum atomic E-state index is 10.9. The van der Waals surface area contributed by atoms with Crippen LogP contribution < -0.4 is 9.64 Å². The molecule has 0 saturated carbocycles. The molecular formula is C13H19NO2. The SMILES string of the molecule is CC(C)COc1cc(N(C)C)ccc1C=O. The van der Waals surface area contributed by atoms with Gasteiger partial charge in [0.15, 0.2) is 6.29 Å². The average molecular weight is 221 g/mol. The second-order valence-corrected chi connectivity index (χ2v) is 4.44. The van der Waals surface area contributed by atoms with Crippen LogP contribution in [0.4, 0.5) is 5.69 Å². The lowest BCUT2D eigenvalue weighted by Crippen LogP contribution is -2.10. The first-order valence-electron chi connectivity index (χ1n) is 5.44. The van der Waals surface area contributed by atoms with Crippen molar-refractivity contribution in [3.8, 4) is 5.75 Å². The summed E-state index contributed by atoms with van der Waals surface area (Å²) < 4.78 is 5.62. The van der Waals surface area contributed by atoms with Gasteiger partial charge in [0.25, 0.3) is 0 Å². The van der Waals surface area contributed by atoms with E-state index in [0.717, 1.165) is 12.0 Å². The van der Waals surface area contributed by atoms with Crippen molar-refractivity contribution >= 4 is 12.0 Å². The third-order valence-electron chi connectivity index (χ3n) is 2.21. The molecule has 1 aromatic rings. The molecule has 0 saturated heterocycles. The molecule has 88 valence electrons. The van der Waals surface area contributed by atoms with Crippen molar-refractivity contribution in [3.05, 3.63) is 23.8 Å². The zero-order chi connectivity index (χ0) is 12.1. The predicted octanol–water partition coefficient (Wildman–Crippen LogP) is 2.60. The molecule has 0 aliphatic heterocycles. The summed E-state index contributed by atoms with van der Waals surface area (Å²) in [4.78, 5) is 12.8. The van der Waals surface area contributed by atoms with Gasteiger partial charge in [-0.3, -0.25) is 4.79 Å². The van der Waals surface area contributed by atoms with E-state index >= 15 is 0 Å². The molecule has 0 bridgehead atoms. The topological polar surface area (TPSA) is 29.5 Å². The van der Waals surface area contributed by atoms with E-state index in [9.17, 15) is 4.79 Å². The van der Waals surface area contributed by atoms with Gasteiger partial charge in [0.05, 0.1) is 12.2 Å². The van der Waals surface area contributed by atoms with Crippen LogP contribution in [0.15, 0.2) is 18.2 Å². The molecule has 0 unspecified atom stereocenters. The van der Waals surface area contributed by atoms with Gasteiger partial charge in [-0.15, -0.1) is 0 Å². The predicted molar refractivity (Wildman–Crippen MR) is 66.5 cm³/mol. The van der Waals surface area contributed by atoms with Gasteiger partial charge in [-0.2, -0.15) is 0 Å². The molecule has 0 radical (unpaired) electrons. The number of nitrogens with zero attached hydrogens (tertiary/aromatic N) is 1. The molecule has 0 fully saturated rings. The van der Waals surface area contributed by atoms with Crippen molar-refractivity contribution in [2.24, 2.45) is 5.92 Å². The normalized spacial score (nSPS) is 10.3. The molecule has 16 heavy (non-hydrogen) atoms. The Hall–Kier alpha value is -1.51. The summed E-state index contributed by atoms with van der Waals surface area (Å²) >= 11 is 0. The number of anilines is 1. The molecule has 0 spiro atoms. The highest BCUT2D eigenvalue weighted by Crippen LogP contribution is 2.24. The van der Waals surface area contributed by atoms with E-state index in [1.165, 1.54) is 0 Å². The average Bonchev–Trinajstić information content (AvgIpc) is 2.25. The Bertz CT molecular complexity index is 359. The van der Waals surface area contributed by atoms with E-state index in [-0.39, 0.29) is 0 Å². The lowest BCUT2D eigenvalue weighted by atomic mass is 10.2. The number of hydrogen-bond donors (Lipinski definition) is 0. The molecule has 0 atom stereocenters. The number of aldehydes is 1. The quantitative estimate of drug-likeness (QED) is 0.716. The first-order valence-corrected chi connectivity index (χ1v) is 5.44. The summed E-state index contributed by atoms with van der Waals surface area (Å²) in [6, 6.07) is 5.59. The second kappa shape index (κ2) is 5.54. The monoisotopic (exact) mass is 221 g/mol. The van der Waals surface area contributed by atoms with Crippen molar-refractivity contribution in [2.75, 3.05) is 25.6 Å². The highest BCUT2D eigenvalue weighted by Gasteiger charge is 2.06. The number of hydrogen-bond acceptors (Lipinski definition) is 3. The third-order valence-corrected chi connectivity index (χ3v) is 2.21. The lowest BCUT2D eigenvalue weighted by molar-refractivity contribution is 0.111. The van der Waals surface area contributed by atoms with E-state index in [4.69, 9.17) is 4.74 Å². The molecule has 0 aliphatic rings. The number of carbonyl (C=O) groups excluding carboxylic acids is 1. The van der Waals surface area contributed by atoms with Crippen LogP contribution >= 0.6 is 0 Å². The minimum absolute atomic E-state index is 0.447. The van der Waals surface area contributed by atoms with Crippen LogP contribution in [0.5, 0.6) is 5.75 Å². The molecule has 0 aromatic heterocycles. The summed E-state index contributed by atoms with van der Waals surface area (Å²) in [6.45, 7) is 4.78. The van der Waals surface area contributed by atoms with Crippen molar-refractivity contribution < 1.29 is 9.53 Å². The Balaban J connectivity index is 2.93. The molecule has 1 aromatic carbocycles. The fraction of sp³-hybridized carbons (Fsp3) is 0.462. The van der Waals surface area contributed by atoms with Crippen LogP contribution in [-0.2, 0) is 0 Å². The van der Waals surface area contributed by atoms with Gasteiger partial charge in [0.1, 0.15) is 5.75 Å². The minimum Gasteiger partial charge on any atom is -0.492 e. The Morgan fingerprint density at radius 2 is 2.06 bits per heavy atom. The summed E-state index contributed by atoms with van der Waals surface area (Å²) in [5.74, 6) is 1.11. The summed E-state index contributed by atoms with van der Waals surface area (Å²) in [5.41, 5.74) is 1.63. The van der Waals surface area contributed by atoms with E-state index in [2.05, 4.69) is 13.8 Å². The Morgan fingerprint density at radius 3 is 2.56 bits per heavy atom. The Kier molecular flexibility index (Phi) is 4.35. The number of rotatable bonds is 5. The Labute approximate surface area is 97.0 Å². The molecule has 0 amide bonds. The summed E-state index contributed by atoms with van der Waals surface area (Å²) in [7, 11) is 3.92. The molecule has 0 heterocycles. The van der Waals surface area contributed by atoms with Crippen molar-refractivity contribution in [2.45, 2.75) is 13.8 Å². The first-order chi connectivity index (χ1) is 7.54.